The Bertz CT molecular complexity index is 136. The van der Waals surface area contributed by atoms with Crippen molar-refractivity contribution in [2.24, 2.45) is 11.1 Å². The highest BCUT2D eigenvalue weighted by Gasteiger charge is 2.34. The van der Waals surface area contributed by atoms with Crippen molar-refractivity contribution in [3.8, 4) is 0 Å². The fraction of sp³-hybridized carbons (Fsp3) is 1.00. The fourth-order valence-electron chi connectivity index (χ4n) is 2.28. The lowest BCUT2D eigenvalue weighted by molar-refractivity contribution is -0.500. The van der Waals surface area contributed by atoms with E-state index in [1.165, 1.54) is 32.1 Å². The zero-order valence-corrected chi connectivity index (χ0v) is 7.64. The van der Waals surface area contributed by atoms with Gasteiger partial charge in [0.05, 0.1) is 0 Å². The predicted octanol–water partition coefficient (Wildman–Crippen LogP) is 0.133. The maximum Gasteiger partial charge on any atom is 0.195 e. The van der Waals surface area contributed by atoms with Crippen LogP contribution >= 0.6 is 0 Å². The Balaban J connectivity index is 2.49. The second-order valence-electron chi connectivity index (χ2n) is 3.92. The minimum atomic E-state index is 0.231. The van der Waals surface area contributed by atoms with Crippen LogP contribution in [0.15, 0.2) is 0 Å². The topological polar surface area (TPSA) is 57.1 Å². The smallest absolute Gasteiger partial charge is 0.195 e. The Morgan fingerprint density at radius 1 is 1.25 bits per heavy atom. The molecule has 0 atom stereocenters. The molecule has 1 saturated carbocycles. The number of nitrogens with two attached hydrogens (primary N) is 1. The molecule has 1 rings (SSSR count). The molecule has 70 valence electrons. The van der Waals surface area contributed by atoms with Gasteiger partial charge in [0.15, 0.2) is 6.54 Å². The van der Waals surface area contributed by atoms with E-state index in [1.54, 1.807) is 0 Å². The number of nitrogens with one attached hydrogen (secondary N) is 1. The first kappa shape index (κ1) is 9.65. The molecule has 3 N–H and O–H groups in total. The van der Waals surface area contributed by atoms with Crippen LogP contribution in [0.5, 0.6) is 0 Å². The van der Waals surface area contributed by atoms with Crippen molar-refractivity contribution >= 4 is 0 Å². The zero-order chi connectivity index (χ0) is 8.86. The minimum absolute atomic E-state index is 0.231. The van der Waals surface area contributed by atoms with Gasteiger partial charge in [0, 0.05) is 10.3 Å². The van der Waals surface area contributed by atoms with Crippen molar-refractivity contribution in [1.29, 1.82) is 0 Å². The maximum atomic E-state index is 10.4. The molecular weight excluding hydrogens is 152 g/mol. The molecule has 1 aliphatic carbocycles. The molecule has 1 fully saturated rings. The molecule has 3 nitrogen and oxygen atoms in total. The molecule has 0 radical (unpaired) electrons. The van der Waals surface area contributed by atoms with Crippen molar-refractivity contribution in [3.63, 3.8) is 0 Å². The van der Waals surface area contributed by atoms with Gasteiger partial charge in [-0.1, -0.05) is 19.3 Å². The van der Waals surface area contributed by atoms with Crippen LogP contribution < -0.4 is 10.9 Å². The second kappa shape index (κ2) is 4.55. The average Bonchev–Trinajstić information content (AvgIpc) is 2.07. The molecule has 0 heterocycles. The van der Waals surface area contributed by atoms with Gasteiger partial charge in [0.2, 0.25) is 0 Å². The van der Waals surface area contributed by atoms with Crippen LogP contribution in [0.2, 0.25) is 0 Å². The zero-order valence-electron chi connectivity index (χ0n) is 7.64. The molecule has 0 aromatic carbocycles. The first-order valence-electron chi connectivity index (χ1n) is 4.88. The summed E-state index contributed by atoms with van der Waals surface area (Å²) < 4.78 is 0. The molecular formula is C9H19N2O+. The highest BCUT2D eigenvalue weighted by molar-refractivity contribution is 4.81. The minimum Gasteiger partial charge on any atom is -0.330 e. The summed E-state index contributed by atoms with van der Waals surface area (Å²) in [5.74, 6) is 0. The summed E-state index contributed by atoms with van der Waals surface area (Å²) in [4.78, 5) is 10.4. The monoisotopic (exact) mass is 171 g/mol. The molecule has 1 aliphatic rings. The van der Waals surface area contributed by atoms with Gasteiger partial charge in [-0.15, -0.1) is 0 Å². The van der Waals surface area contributed by atoms with E-state index in [9.17, 15) is 4.91 Å². The van der Waals surface area contributed by atoms with E-state index >= 15 is 0 Å². The highest BCUT2D eigenvalue weighted by atomic mass is 16.3. The number of rotatable bonds is 4. The summed E-state index contributed by atoms with van der Waals surface area (Å²) >= 11 is 0. The van der Waals surface area contributed by atoms with Gasteiger partial charge in [-0.3, -0.25) is 0 Å². The molecule has 0 bridgehead atoms. The summed E-state index contributed by atoms with van der Waals surface area (Å²) in [7, 11) is 0. The van der Waals surface area contributed by atoms with Gasteiger partial charge < -0.3 is 5.73 Å². The standard InChI is InChI=1S/C9H18N2O/c10-7-6-9(8-11-12)4-2-1-3-5-9/h1-8,10H2/p+1. The SMILES string of the molecule is NCCC1(C[NH+]=O)CCCCC1. The lowest BCUT2D eigenvalue weighted by atomic mass is 9.72. The maximum absolute atomic E-state index is 10.4. The van der Waals surface area contributed by atoms with E-state index in [2.05, 4.69) is 5.18 Å². The first-order chi connectivity index (χ1) is 5.83. The van der Waals surface area contributed by atoms with Crippen molar-refractivity contribution < 1.29 is 5.18 Å². The van der Waals surface area contributed by atoms with Gasteiger partial charge >= 0.3 is 0 Å². The number of hydrogen-bond donors (Lipinski definition) is 2. The van der Waals surface area contributed by atoms with Gasteiger partial charge in [0.25, 0.3) is 0 Å². The van der Waals surface area contributed by atoms with Crippen molar-refractivity contribution in [1.82, 2.24) is 0 Å². The van der Waals surface area contributed by atoms with E-state index < -0.39 is 0 Å². The van der Waals surface area contributed by atoms with Gasteiger partial charge in [-0.2, -0.15) is 0 Å². The normalized spacial score (nSPS) is 22.1. The number of nitroso groups, excluding NO2 is 1. The summed E-state index contributed by atoms with van der Waals surface area (Å²) in [6.45, 7) is 1.31. The molecule has 0 amide bonds. The fourth-order valence-corrected chi connectivity index (χ4v) is 2.28. The van der Waals surface area contributed by atoms with Gasteiger partial charge in [-0.25, -0.2) is 0 Å². The third-order valence-corrected chi connectivity index (χ3v) is 3.04. The van der Waals surface area contributed by atoms with Crippen molar-refractivity contribution in [3.05, 3.63) is 4.91 Å². The number of hydrogen-bond acceptors (Lipinski definition) is 2. The van der Waals surface area contributed by atoms with Crippen LogP contribution in [-0.2, 0) is 0 Å². The lowest BCUT2D eigenvalue weighted by Crippen LogP contribution is -2.69. The molecule has 0 aliphatic heterocycles. The van der Waals surface area contributed by atoms with E-state index in [4.69, 9.17) is 5.73 Å². The Morgan fingerprint density at radius 3 is 2.42 bits per heavy atom. The van der Waals surface area contributed by atoms with Crippen LogP contribution in [-0.4, -0.2) is 13.1 Å². The van der Waals surface area contributed by atoms with E-state index in [0.717, 1.165) is 6.42 Å². The Labute approximate surface area is 73.7 Å². The quantitative estimate of drug-likeness (QED) is 0.632. The molecule has 0 spiro atoms. The third kappa shape index (κ3) is 2.27. The highest BCUT2D eigenvalue weighted by Crippen LogP contribution is 2.37. The van der Waals surface area contributed by atoms with Crippen LogP contribution in [0, 0.1) is 10.3 Å². The summed E-state index contributed by atoms with van der Waals surface area (Å²) in [5, 5.41) is 2.06. The van der Waals surface area contributed by atoms with Gasteiger partial charge in [-0.05, 0) is 31.0 Å². The largest absolute Gasteiger partial charge is 0.330 e. The summed E-state index contributed by atoms with van der Waals surface area (Å²) in [5.41, 5.74) is 5.78. The van der Waals surface area contributed by atoms with E-state index in [-0.39, 0.29) is 5.41 Å². The first-order valence-corrected chi connectivity index (χ1v) is 4.88. The van der Waals surface area contributed by atoms with Crippen LogP contribution in [0.4, 0.5) is 0 Å². The molecule has 12 heavy (non-hydrogen) atoms. The second-order valence-corrected chi connectivity index (χ2v) is 3.92. The molecule has 0 saturated heterocycles. The van der Waals surface area contributed by atoms with Crippen LogP contribution in [0.25, 0.3) is 0 Å². The van der Waals surface area contributed by atoms with Crippen LogP contribution in [0.3, 0.4) is 0 Å². The average molecular weight is 171 g/mol. The van der Waals surface area contributed by atoms with Gasteiger partial charge in [0.1, 0.15) is 0 Å². The Kier molecular flexibility index (Phi) is 3.66. The van der Waals surface area contributed by atoms with Crippen molar-refractivity contribution in [2.75, 3.05) is 13.1 Å². The van der Waals surface area contributed by atoms with E-state index in [0.29, 0.717) is 13.1 Å². The summed E-state index contributed by atoms with van der Waals surface area (Å²) in [6.07, 6.45) is 7.22. The van der Waals surface area contributed by atoms with Crippen LogP contribution in [0.1, 0.15) is 38.5 Å². The molecule has 0 unspecified atom stereocenters. The van der Waals surface area contributed by atoms with Crippen molar-refractivity contribution in [2.45, 2.75) is 38.5 Å². The molecule has 3 heteroatoms. The Hall–Kier alpha value is -0.440. The predicted molar refractivity (Wildman–Crippen MR) is 48.4 cm³/mol. The summed E-state index contributed by atoms with van der Waals surface area (Å²) in [6, 6.07) is 0. The lowest BCUT2D eigenvalue weighted by Gasteiger charge is -2.32. The molecule has 0 aromatic rings. The Morgan fingerprint density at radius 2 is 1.92 bits per heavy atom. The van der Waals surface area contributed by atoms with E-state index in [1.807, 2.05) is 0 Å². The molecule has 0 aromatic heterocycles. The third-order valence-electron chi connectivity index (χ3n) is 3.04.